The van der Waals surface area contributed by atoms with Gasteiger partial charge in [-0.1, -0.05) is 45.3 Å². The van der Waals surface area contributed by atoms with Crippen LogP contribution >= 0.6 is 0 Å². The smallest absolute Gasteiger partial charge is 0.136 e. The second-order valence-corrected chi connectivity index (χ2v) is 11.5. The number of carbonyl (C=O) groups excluding carboxylic acids is 1. The van der Waals surface area contributed by atoms with Crippen molar-refractivity contribution in [3.8, 4) is 0 Å². The fourth-order valence-corrected chi connectivity index (χ4v) is 7.96. The minimum Gasteiger partial charge on any atom is -0.396 e. The molecule has 3 nitrogen and oxygen atoms in total. The highest BCUT2D eigenvalue weighted by Crippen LogP contribution is 2.66. The topological polar surface area (TPSA) is 57.5 Å². The Labute approximate surface area is 177 Å². The van der Waals surface area contributed by atoms with Gasteiger partial charge in [0.15, 0.2) is 0 Å². The SMILES string of the molecule is CC(CO)CCCCC1C(=O)CC2C3CC=C4C[C@@H](O)CCC4(C)C3CCC12C. The van der Waals surface area contributed by atoms with Gasteiger partial charge in [0.25, 0.3) is 0 Å². The number of aliphatic hydroxyl groups excluding tert-OH is 2. The minimum atomic E-state index is -0.147. The summed E-state index contributed by atoms with van der Waals surface area (Å²) in [5.41, 5.74) is 1.96. The first-order valence-electron chi connectivity index (χ1n) is 12.3. The summed E-state index contributed by atoms with van der Waals surface area (Å²) in [6.07, 6.45) is 14.0. The van der Waals surface area contributed by atoms with Crippen LogP contribution in [0.1, 0.15) is 91.4 Å². The van der Waals surface area contributed by atoms with E-state index in [2.05, 4.69) is 26.8 Å². The Morgan fingerprint density at radius 2 is 1.93 bits per heavy atom. The number of aliphatic hydroxyl groups is 2. The van der Waals surface area contributed by atoms with Crippen LogP contribution in [0.25, 0.3) is 0 Å². The molecule has 4 rings (SSSR count). The van der Waals surface area contributed by atoms with Crippen LogP contribution in [0.3, 0.4) is 0 Å². The van der Waals surface area contributed by atoms with E-state index in [-0.39, 0.29) is 29.5 Å². The first-order valence-corrected chi connectivity index (χ1v) is 12.3. The Kier molecular flexibility index (Phi) is 6.03. The molecular formula is C26H42O3. The molecule has 0 heterocycles. The molecule has 0 bridgehead atoms. The van der Waals surface area contributed by atoms with E-state index in [9.17, 15) is 15.0 Å². The number of ketones is 1. The van der Waals surface area contributed by atoms with Crippen molar-refractivity contribution >= 4 is 5.78 Å². The number of carbonyl (C=O) groups is 1. The molecule has 4 aliphatic carbocycles. The number of hydrogen-bond donors (Lipinski definition) is 2. The number of unbranched alkanes of at least 4 members (excludes halogenated alkanes) is 1. The Morgan fingerprint density at radius 3 is 2.69 bits per heavy atom. The summed E-state index contributed by atoms with van der Waals surface area (Å²) in [7, 11) is 0. The van der Waals surface area contributed by atoms with Crippen LogP contribution in [0, 0.1) is 40.4 Å². The van der Waals surface area contributed by atoms with Crippen molar-refractivity contribution in [2.24, 2.45) is 40.4 Å². The van der Waals surface area contributed by atoms with Gasteiger partial charge >= 0.3 is 0 Å². The highest BCUT2D eigenvalue weighted by Gasteiger charge is 2.60. The van der Waals surface area contributed by atoms with Crippen molar-refractivity contribution in [2.75, 3.05) is 6.61 Å². The lowest BCUT2D eigenvalue weighted by atomic mass is 9.47. The molecule has 0 amide bonds. The molecule has 0 aromatic carbocycles. The summed E-state index contributed by atoms with van der Waals surface area (Å²) < 4.78 is 0. The minimum absolute atomic E-state index is 0.147. The lowest BCUT2D eigenvalue weighted by molar-refractivity contribution is -0.122. The zero-order chi connectivity index (χ0) is 20.8. The average molecular weight is 403 g/mol. The normalized spacial score (nSPS) is 45.2. The van der Waals surface area contributed by atoms with Crippen molar-refractivity contribution in [1.29, 1.82) is 0 Å². The molecule has 2 N–H and O–H groups in total. The fourth-order valence-electron chi connectivity index (χ4n) is 7.96. The van der Waals surface area contributed by atoms with Crippen LogP contribution in [0.2, 0.25) is 0 Å². The van der Waals surface area contributed by atoms with Crippen LogP contribution < -0.4 is 0 Å². The van der Waals surface area contributed by atoms with Gasteiger partial charge in [-0.2, -0.15) is 0 Å². The third-order valence-electron chi connectivity index (χ3n) is 9.87. The van der Waals surface area contributed by atoms with Crippen LogP contribution in [-0.2, 0) is 4.79 Å². The molecule has 0 aromatic rings. The van der Waals surface area contributed by atoms with E-state index in [1.54, 1.807) is 0 Å². The van der Waals surface area contributed by atoms with Gasteiger partial charge in [-0.25, -0.2) is 0 Å². The van der Waals surface area contributed by atoms with Gasteiger partial charge < -0.3 is 10.2 Å². The molecule has 7 unspecified atom stereocenters. The van der Waals surface area contributed by atoms with Crippen molar-refractivity contribution < 1.29 is 15.0 Å². The maximum atomic E-state index is 13.1. The zero-order valence-corrected chi connectivity index (χ0v) is 18.8. The highest BCUT2D eigenvalue weighted by molar-refractivity contribution is 5.84. The van der Waals surface area contributed by atoms with Crippen LogP contribution in [-0.4, -0.2) is 28.7 Å². The Morgan fingerprint density at radius 1 is 1.14 bits per heavy atom. The van der Waals surface area contributed by atoms with E-state index < -0.39 is 0 Å². The quantitative estimate of drug-likeness (QED) is 0.468. The van der Waals surface area contributed by atoms with E-state index >= 15 is 0 Å². The summed E-state index contributed by atoms with van der Waals surface area (Å²) in [6.45, 7) is 7.28. The third kappa shape index (κ3) is 3.65. The summed E-state index contributed by atoms with van der Waals surface area (Å²) >= 11 is 0. The van der Waals surface area contributed by atoms with Crippen LogP contribution in [0.4, 0.5) is 0 Å². The zero-order valence-electron chi connectivity index (χ0n) is 18.8. The summed E-state index contributed by atoms with van der Waals surface area (Å²) in [5.74, 6) is 3.07. The molecule has 29 heavy (non-hydrogen) atoms. The maximum Gasteiger partial charge on any atom is 0.136 e. The molecule has 0 aliphatic heterocycles. The van der Waals surface area contributed by atoms with Crippen LogP contribution in [0.15, 0.2) is 11.6 Å². The standard InChI is InChI=1S/C26H42O3/c1-17(16-27)6-4-5-7-22-24(29)15-23-20-9-8-18-14-19(28)10-12-25(18,2)21(20)11-13-26(22,23)3/h8,17,19-23,27-28H,4-7,9-16H2,1-3H3/t17?,19-,20?,21?,22?,23?,25?,26?/m0/s1. The molecule has 0 aromatic heterocycles. The number of Topliss-reactive ketones (excluding diaryl/α,β-unsaturated/α-hetero) is 1. The Balaban J connectivity index is 1.47. The largest absolute Gasteiger partial charge is 0.396 e. The first kappa shape index (κ1) is 21.6. The predicted octanol–water partition coefficient (Wildman–Crippen LogP) is 5.29. The third-order valence-corrected chi connectivity index (χ3v) is 9.87. The average Bonchev–Trinajstić information content (AvgIpc) is 2.95. The van der Waals surface area contributed by atoms with E-state index in [0.29, 0.717) is 29.5 Å². The molecule has 164 valence electrons. The fraction of sp³-hybridized carbons (Fsp3) is 0.885. The molecule has 3 saturated carbocycles. The molecule has 3 fully saturated rings. The number of hydrogen-bond acceptors (Lipinski definition) is 3. The van der Waals surface area contributed by atoms with Crippen LogP contribution in [0.5, 0.6) is 0 Å². The van der Waals surface area contributed by atoms with Gasteiger partial charge in [-0.15, -0.1) is 0 Å². The van der Waals surface area contributed by atoms with Gasteiger partial charge in [0.2, 0.25) is 0 Å². The van der Waals surface area contributed by atoms with Crippen molar-refractivity contribution in [2.45, 2.75) is 97.5 Å². The molecule has 0 saturated heterocycles. The summed E-state index contributed by atoms with van der Waals surface area (Å²) in [4.78, 5) is 13.1. The molecule has 8 atom stereocenters. The van der Waals surface area contributed by atoms with E-state index in [0.717, 1.165) is 57.8 Å². The molecule has 0 spiro atoms. The van der Waals surface area contributed by atoms with E-state index in [1.807, 2.05) is 0 Å². The summed E-state index contributed by atoms with van der Waals surface area (Å²) in [6, 6.07) is 0. The monoisotopic (exact) mass is 402 g/mol. The van der Waals surface area contributed by atoms with Gasteiger partial charge in [0.1, 0.15) is 5.78 Å². The second kappa shape index (κ2) is 8.11. The lowest BCUT2D eigenvalue weighted by Crippen LogP contribution is -2.50. The Bertz CT molecular complexity index is 654. The van der Waals surface area contributed by atoms with Gasteiger partial charge in [-0.3, -0.25) is 4.79 Å². The Hall–Kier alpha value is -0.670. The highest BCUT2D eigenvalue weighted by atomic mass is 16.3. The molecular weight excluding hydrogens is 360 g/mol. The van der Waals surface area contributed by atoms with Gasteiger partial charge in [-0.05, 0) is 85.9 Å². The van der Waals surface area contributed by atoms with E-state index in [1.165, 1.54) is 18.4 Å². The maximum absolute atomic E-state index is 13.1. The van der Waals surface area contributed by atoms with Gasteiger partial charge in [0.05, 0.1) is 6.10 Å². The lowest BCUT2D eigenvalue weighted by Gasteiger charge is -2.57. The molecule has 4 aliphatic rings. The first-order chi connectivity index (χ1) is 13.8. The number of fused-ring (bicyclic) bond motifs is 5. The molecule has 3 heteroatoms. The number of allylic oxidation sites excluding steroid dienone is 1. The van der Waals surface area contributed by atoms with Crippen molar-refractivity contribution in [3.63, 3.8) is 0 Å². The second-order valence-electron chi connectivity index (χ2n) is 11.5. The van der Waals surface area contributed by atoms with Crippen molar-refractivity contribution in [3.05, 3.63) is 11.6 Å². The van der Waals surface area contributed by atoms with Gasteiger partial charge in [0, 0.05) is 18.9 Å². The van der Waals surface area contributed by atoms with Crippen molar-refractivity contribution in [1.82, 2.24) is 0 Å². The van der Waals surface area contributed by atoms with E-state index in [4.69, 9.17) is 0 Å². The predicted molar refractivity (Wildman–Crippen MR) is 116 cm³/mol. The summed E-state index contributed by atoms with van der Waals surface area (Å²) in [5, 5.41) is 19.4. The number of rotatable bonds is 6. The molecule has 0 radical (unpaired) electrons.